The van der Waals surface area contributed by atoms with Gasteiger partial charge in [-0.05, 0) is 30.5 Å². The van der Waals surface area contributed by atoms with Crippen molar-refractivity contribution in [3.8, 4) is 0 Å². The van der Waals surface area contributed by atoms with E-state index in [1.807, 2.05) is 11.8 Å². The summed E-state index contributed by atoms with van der Waals surface area (Å²) in [5.74, 6) is 1.99. The van der Waals surface area contributed by atoms with Gasteiger partial charge in [-0.1, -0.05) is 13.0 Å². The Morgan fingerprint density at radius 1 is 1.46 bits per heavy atom. The summed E-state index contributed by atoms with van der Waals surface area (Å²) in [5.41, 5.74) is 2.66. The van der Waals surface area contributed by atoms with Crippen LogP contribution in [0.3, 0.4) is 0 Å². The zero-order valence-corrected chi connectivity index (χ0v) is 8.95. The Labute approximate surface area is 83.9 Å². The maximum atomic E-state index is 3.48. The van der Waals surface area contributed by atoms with E-state index in [-0.39, 0.29) is 0 Å². The molecule has 1 aliphatic heterocycles. The van der Waals surface area contributed by atoms with E-state index in [1.54, 1.807) is 0 Å². The van der Waals surface area contributed by atoms with Crippen LogP contribution in [0.4, 0.5) is 5.69 Å². The fraction of sp³-hybridized carbons (Fsp3) is 0.455. The number of thioether (sulfide) groups is 1. The highest BCUT2D eigenvalue weighted by Gasteiger charge is 2.11. The summed E-state index contributed by atoms with van der Waals surface area (Å²) in [6.07, 6.45) is 0. The summed E-state index contributed by atoms with van der Waals surface area (Å²) in [6, 6.07) is 6.63. The fourth-order valence-electron chi connectivity index (χ4n) is 1.47. The van der Waals surface area contributed by atoms with Crippen molar-refractivity contribution in [1.29, 1.82) is 0 Å². The molecule has 1 aromatic carbocycles. The molecule has 0 spiro atoms. The molecule has 0 amide bonds. The van der Waals surface area contributed by atoms with Crippen LogP contribution in [-0.4, -0.2) is 12.3 Å². The van der Waals surface area contributed by atoms with E-state index >= 15 is 0 Å². The number of hydrogen-bond acceptors (Lipinski definition) is 2. The lowest BCUT2D eigenvalue weighted by molar-refractivity contribution is 0.705. The summed E-state index contributed by atoms with van der Waals surface area (Å²) < 4.78 is 0. The molecule has 0 aromatic heterocycles. The highest BCUT2D eigenvalue weighted by Crippen LogP contribution is 2.32. The topological polar surface area (TPSA) is 12.0 Å². The van der Waals surface area contributed by atoms with Crippen LogP contribution >= 0.6 is 11.8 Å². The lowest BCUT2D eigenvalue weighted by Crippen LogP contribution is -2.10. The average Bonchev–Trinajstić information content (AvgIpc) is 2.29. The molecular weight excluding hydrogens is 178 g/mol. The first kappa shape index (κ1) is 8.95. The summed E-state index contributed by atoms with van der Waals surface area (Å²) in [5, 5.41) is 3.48. The van der Waals surface area contributed by atoms with Crippen LogP contribution in [0.25, 0.3) is 0 Å². The Morgan fingerprint density at radius 3 is 3.15 bits per heavy atom. The van der Waals surface area contributed by atoms with E-state index in [0.29, 0.717) is 0 Å². The molecule has 1 aliphatic rings. The summed E-state index contributed by atoms with van der Waals surface area (Å²) >= 11 is 1.97. The highest BCUT2D eigenvalue weighted by atomic mass is 32.2. The predicted molar refractivity (Wildman–Crippen MR) is 59.6 cm³/mol. The molecule has 0 aliphatic carbocycles. The second-order valence-electron chi connectivity index (χ2n) is 3.80. The first-order chi connectivity index (χ1) is 6.25. The number of hydrogen-bond donors (Lipinski definition) is 1. The minimum absolute atomic E-state index is 0.762. The van der Waals surface area contributed by atoms with E-state index in [0.717, 1.165) is 12.5 Å². The average molecular weight is 193 g/mol. The third-order valence-electron chi connectivity index (χ3n) is 2.30. The van der Waals surface area contributed by atoms with Gasteiger partial charge < -0.3 is 5.32 Å². The number of anilines is 1. The third kappa shape index (κ3) is 1.99. The Balaban J connectivity index is 2.30. The number of benzene rings is 1. The molecule has 13 heavy (non-hydrogen) atoms. The number of rotatable bonds is 0. The Hall–Kier alpha value is -0.630. The second-order valence-corrected chi connectivity index (χ2v) is 4.86. The molecule has 70 valence electrons. The SMILES string of the molecule is Cc1ccc2c(c1)SCC(C)CN2. The maximum Gasteiger partial charge on any atom is 0.0478 e. The number of nitrogens with one attached hydrogen (secondary N) is 1. The minimum Gasteiger partial charge on any atom is -0.384 e. The van der Waals surface area contributed by atoms with E-state index in [4.69, 9.17) is 0 Å². The Morgan fingerprint density at radius 2 is 2.31 bits per heavy atom. The molecule has 1 nitrogen and oxygen atoms in total. The Bertz CT molecular complexity index is 309. The smallest absolute Gasteiger partial charge is 0.0478 e. The molecule has 0 fully saturated rings. The molecule has 1 aromatic rings. The standard InChI is InChI=1S/C11H15NS/c1-8-3-4-10-11(5-8)13-7-9(2)6-12-10/h3-5,9,12H,6-7H2,1-2H3. The van der Waals surface area contributed by atoms with Gasteiger partial charge in [0.25, 0.3) is 0 Å². The quantitative estimate of drug-likeness (QED) is 0.679. The molecule has 1 unspecified atom stereocenters. The monoisotopic (exact) mass is 193 g/mol. The van der Waals surface area contributed by atoms with Gasteiger partial charge in [0, 0.05) is 22.9 Å². The summed E-state index contributed by atoms with van der Waals surface area (Å²) in [6.45, 7) is 5.54. The van der Waals surface area contributed by atoms with Gasteiger partial charge in [0.05, 0.1) is 0 Å². The van der Waals surface area contributed by atoms with Gasteiger partial charge in [-0.25, -0.2) is 0 Å². The van der Waals surface area contributed by atoms with Gasteiger partial charge in [0.2, 0.25) is 0 Å². The molecule has 0 bridgehead atoms. The molecule has 2 heteroatoms. The first-order valence-corrected chi connectivity index (χ1v) is 5.71. The fourth-order valence-corrected chi connectivity index (χ4v) is 2.62. The molecule has 1 N–H and O–H groups in total. The number of aryl methyl sites for hydroxylation is 1. The third-order valence-corrected chi connectivity index (χ3v) is 3.69. The van der Waals surface area contributed by atoms with Crippen molar-refractivity contribution in [2.45, 2.75) is 18.7 Å². The van der Waals surface area contributed by atoms with E-state index in [1.165, 1.54) is 21.9 Å². The Kier molecular flexibility index (Phi) is 2.49. The largest absolute Gasteiger partial charge is 0.384 e. The van der Waals surface area contributed by atoms with Crippen LogP contribution in [0.5, 0.6) is 0 Å². The molecule has 0 saturated carbocycles. The zero-order chi connectivity index (χ0) is 9.26. The number of fused-ring (bicyclic) bond motifs is 1. The zero-order valence-electron chi connectivity index (χ0n) is 8.13. The first-order valence-electron chi connectivity index (χ1n) is 4.73. The van der Waals surface area contributed by atoms with Gasteiger partial charge >= 0.3 is 0 Å². The van der Waals surface area contributed by atoms with Crippen molar-refractivity contribution in [2.75, 3.05) is 17.6 Å². The molecular formula is C11H15NS. The van der Waals surface area contributed by atoms with E-state index < -0.39 is 0 Å². The van der Waals surface area contributed by atoms with Crippen LogP contribution < -0.4 is 5.32 Å². The van der Waals surface area contributed by atoms with E-state index in [2.05, 4.69) is 37.4 Å². The molecule has 2 rings (SSSR count). The van der Waals surface area contributed by atoms with Crippen LogP contribution in [0.15, 0.2) is 23.1 Å². The van der Waals surface area contributed by atoms with Crippen LogP contribution in [0.2, 0.25) is 0 Å². The highest BCUT2D eigenvalue weighted by molar-refractivity contribution is 7.99. The lowest BCUT2D eigenvalue weighted by atomic mass is 10.2. The van der Waals surface area contributed by atoms with Gasteiger partial charge in [-0.3, -0.25) is 0 Å². The van der Waals surface area contributed by atoms with E-state index in [9.17, 15) is 0 Å². The molecule has 0 radical (unpaired) electrons. The van der Waals surface area contributed by atoms with Gasteiger partial charge in [0.15, 0.2) is 0 Å². The van der Waals surface area contributed by atoms with Crippen molar-refractivity contribution in [3.63, 3.8) is 0 Å². The normalized spacial score (nSPS) is 21.5. The lowest BCUT2D eigenvalue weighted by Gasteiger charge is -2.07. The van der Waals surface area contributed by atoms with Crippen molar-refractivity contribution >= 4 is 17.4 Å². The molecule has 1 atom stereocenters. The second kappa shape index (κ2) is 3.62. The van der Waals surface area contributed by atoms with Crippen LogP contribution in [-0.2, 0) is 0 Å². The van der Waals surface area contributed by atoms with Crippen molar-refractivity contribution < 1.29 is 0 Å². The van der Waals surface area contributed by atoms with Gasteiger partial charge in [0.1, 0.15) is 0 Å². The van der Waals surface area contributed by atoms with Crippen molar-refractivity contribution in [2.24, 2.45) is 5.92 Å². The van der Waals surface area contributed by atoms with Crippen LogP contribution in [0.1, 0.15) is 12.5 Å². The summed E-state index contributed by atoms with van der Waals surface area (Å²) in [4.78, 5) is 1.41. The minimum atomic E-state index is 0.762. The van der Waals surface area contributed by atoms with Crippen molar-refractivity contribution in [1.82, 2.24) is 0 Å². The van der Waals surface area contributed by atoms with Gasteiger partial charge in [-0.2, -0.15) is 0 Å². The molecule has 1 heterocycles. The van der Waals surface area contributed by atoms with Gasteiger partial charge in [-0.15, -0.1) is 11.8 Å². The predicted octanol–water partition coefficient (Wildman–Crippen LogP) is 3.15. The molecule has 0 saturated heterocycles. The maximum absolute atomic E-state index is 3.48. The van der Waals surface area contributed by atoms with Crippen molar-refractivity contribution in [3.05, 3.63) is 23.8 Å². The van der Waals surface area contributed by atoms with Crippen LogP contribution in [0, 0.1) is 12.8 Å². The summed E-state index contributed by atoms with van der Waals surface area (Å²) in [7, 11) is 0.